The highest BCUT2D eigenvalue weighted by atomic mass is 32.2. The molecule has 0 radical (unpaired) electrons. The molecule has 0 unspecified atom stereocenters. The first-order chi connectivity index (χ1) is 14.2. The SMILES string of the molecule is CC[n+]1cc(/N=C(/[O-])CSc2nc(-c3ccccc3)c(-c3ccccc3)[nH]2)on1. The van der Waals surface area contributed by atoms with E-state index in [4.69, 9.17) is 9.51 Å². The third kappa shape index (κ3) is 4.55. The molecule has 0 fully saturated rings. The van der Waals surface area contributed by atoms with Crippen molar-refractivity contribution in [2.45, 2.75) is 18.6 Å². The van der Waals surface area contributed by atoms with Gasteiger partial charge in [0.15, 0.2) is 11.7 Å². The van der Waals surface area contributed by atoms with Crippen molar-refractivity contribution >= 4 is 23.5 Å². The molecule has 4 rings (SSSR count). The number of hydrogen-bond acceptors (Lipinski definition) is 6. The summed E-state index contributed by atoms with van der Waals surface area (Å²) in [6, 6.07) is 20.0. The normalized spacial score (nSPS) is 11.7. The Morgan fingerprint density at radius 1 is 1.10 bits per heavy atom. The number of nitrogens with one attached hydrogen (secondary N) is 1. The molecular formula is C21H19N5O2S. The maximum Gasteiger partial charge on any atom is 0.320 e. The molecule has 0 saturated heterocycles. The van der Waals surface area contributed by atoms with Crippen LogP contribution in [-0.2, 0) is 6.54 Å². The van der Waals surface area contributed by atoms with Crippen LogP contribution in [0.1, 0.15) is 6.92 Å². The second-order valence-corrected chi connectivity index (χ2v) is 7.15. The van der Waals surface area contributed by atoms with Gasteiger partial charge >= 0.3 is 5.88 Å². The fourth-order valence-corrected chi connectivity index (χ4v) is 3.45. The predicted molar refractivity (Wildman–Crippen MR) is 110 cm³/mol. The lowest BCUT2D eigenvalue weighted by Gasteiger charge is -2.06. The van der Waals surface area contributed by atoms with E-state index < -0.39 is 0 Å². The molecule has 8 heteroatoms. The first-order valence-electron chi connectivity index (χ1n) is 9.17. The topological polar surface area (TPSA) is 94.0 Å². The number of imidazole rings is 1. The minimum atomic E-state index is -0.312. The number of benzene rings is 2. The molecule has 7 nitrogen and oxygen atoms in total. The number of aliphatic imine (C=N–C) groups is 1. The monoisotopic (exact) mass is 405 g/mol. The van der Waals surface area contributed by atoms with Crippen molar-refractivity contribution < 1.29 is 14.3 Å². The average Bonchev–Trinajstić information content (AvgIpc) is 3.40. The Kier molecular flexibility index (Phi) is 5.71. The van der Waals surface area contributed by atoms with Gasteiger partial charge in [0, 0.05) is 16.9 Å². The molecule has 0 atom stereocenters. The fourth-order valence-electron chi connectivity index (χ4n) is 2.79. The number of rotatable bonds is 7. The van der Waals surface area contributed by atoms with Crippen molar-refractivity contribution in [1.29, 1.82) is 0 Å². The lowest BCUT2D eigenvalue weighted by atomic mass is 10.1. The van der Waals surface area contributed by atoms with E-state index in [1.807, 2.05) is 67.6 Å². The van der Waals surface area contributed by atoms with E-state index in [1.165, 1.54) is 11.8 Å². The third-order valence-electron chi connectivity index (χ3n) is 4.18. The quantitative estimate of drug-likeness (QED) is 0.220. The Labute approximate surface area is 172 Å². The van der Waals surface area contributed by atoms with Crippen LogP contribution in [0.5, 0.6) is 0 Å². The molecule has 2 aromatic heterocycles. The van der Waals surface area contributed by atoms with Gasteiger partial charge in [0.1, 0.15) is 0 Å². The summed E-state index contributed by atoms with van der Waals surface area (Å²) in [6.07, 6.45) is 1.59. The summed E-state index contributed by atoms with van der Waals surface area (Å²) in [5, 5.41) is 16.6. The van der Waals surface area contributed by atoms with Crippen LogP contribution in [0.2, 0.25) is 0 Å². The zero-order valence-corrected chi connectivity index (χ0v) is 16.6. The van der Waals surface area contributed by atoms with Gasteiger partial charge in [-0.25, -0.2) is 9.98 Å². The number of H-pyrrole nitrogens is 1. The number of hydrogen-bond donors (Lipinski definition) is 1. The number of aryl methyl sites for hydroxylation is 1. The summed E-state index contributed by atoms with van der Waals surface area (Å²) in [7, 11) is 0. The standard InChI is InChI=1S/C21H19N5O2S/c1-2-26-13-18(28-25-26)22-17(27)14-29-21-23-19(15-9-5-3-6-10-15)20(24-21)16-11-7-4-8-12-16/h3-13H,2,14H2,1H3,(H-,22,23,24,25,27). The molecule has 4 aromatic rings. The maximum atomic E-state index is 12.2. The van der Waals surface area contributed by atoms with E-state index in [2.05, 4.69) is 15.2 Å². The van der Waals surface area contributed by atoms with Crippen LogP contribution < -0.4 is 9.79 Å². The Balaban J connectivity index is 1.57. The number of nitrogens with zero attached hydrogens (tertiary/aromatic N) is 4. The molecule has 0 aliphatic heterocycles. The minimum Gasteiger partial charge on any atom is -0.861 e. The fraction of sp³-hybridized carbons (Fsp3) is 0.143. The van der Waals surface area contributed by atoms with Crippen LogP contribution in [0.4, 0.5) is 5.88 Å². The van der Waals surface area contributed by atoms with Gasteiger partial charge < -0.3 is 10.1 Å². The molecule has 0 saturated carbocycles. The molecule has 2 aromatic carbocycles. The molecule has 0 amide bonds. The average molecular weight is 405 g/mol. The van der Waals surface area contributed by atoms with E-state index in [1.54, 1.807) is 10.9 Å². The molecule has 0 aliphatic rings. The first-order valence-corrected chi connectivity index (χ1v) is 10.2. The van der Waals surface area contributed by atoms with Crippen LogP contribution >= 0.6 is 11.8 Å². The van der Waals surface area contributed by atoms with Crippen LogP contribution in [0.15, 0.2) is 81.5 Å². The van der Waals surface area contributed by atoms with E-state index in [0.29, 0.717) is 11.7 Å². The smallest absolute Gasteiger partial charge is 0.320 e. The van der Waals surface area contributed by atoms with Gasteiger partial charge in [0.2, 0.25) is 5.27 Å². The largest absolute Gasteiger partial charge is 0.861 e. The van der Waals surface area contributed by atoms with E-state index in [0.717, 1.165) is 22.5 Å². The van der Waals surface area contributed by atoms with Crippen LogP contribution in [0.25, 0.3) is 22.5 Å². The van der Waals surface area contributed by atoms with Crippen molar-refractivity contribution in [3.05, 3.63) is 66.9 Å². The molecular weight excluding hydrogens is 386 g/mol. The van der Waals surface area contributed by atoms with Crippen molar-refractivity contribution in [1.82, 2.24) is 15.2 Å². The van der Waals surface area contributed by atoms with Gasteiger partial charge in [0.05, 0.1) is 11.4 Å². The van der Waals surface area contributed by atoms with Gasteiger partial charge in [-0.2, -0.15) is 0 Å². The zero-order chi connectivity index (χ0) is 20.1. The molecule has 0 bridgehead atoms. The summed E-state index contributed by atoms with van der Waals surface area (Å²) >= 11 is 1.31. The Hall–Kier alpha value is -3.39. The van der Waals surface area contributed by atoms with Gasteiger partial charge in [-0.05, 0) is 12.8 Å². The van der Waals surface area contributed by atoms with Gasteiger partial charge in [-0.1, -0.05) is 77.1 Å². The lowest BCUT2D eigenvalue weighted by Crippen LogP contribution is -2.32. The second kappa shape index (κ2) is 8.74. The van der Waals surface area contributed by atoms with E-state index in [9.17, 15) is 5.11 Å². The number of aromatic nitrogens is 4. The summed E-state index contributed by atoms with van der Waals surface area (Å²) < 4.78 is 6.58. The molecule has 1 N–H and O–H groups in total. The second-order valence-electron chi connectivity index (χ2n) is 6.19. The molecule has 0 spiro atoms. The maximum absolute atomic E-state index is 12.2. The van der Waals surface area contributed by atoms with Gasteiger partial charge in [0.25, 0.3) is 6.20 Å². The van der Waals surface area contributed by atoms with E-state index >= 15 is 0 Å². The molecule has 0 aliphatic carbocycles. The van der Waals surface area contributed by atoms with Crippen molar-refractivity contribution in [2.24, 2.45) is 4.99 Å². The highest BCUT2D eigenvalue weighted by molar-refractivity contribution is 7.99. The number of thioether (sulfide) groups is 1. The van der Waals surface area contributed by atoms with Crippen LogP contribution in [0.3, 0.4) is 0 Å². The Morgan fingerprint density at radius 3 is 2.45 bits per heavy atom. The lowest BCUT2D eigenvalue weighted by molar-refractivity contribution is -0.759. The predicted octanol–water partition coefficient (Wildman–Crippen LogP) is 3.22. The summed E-state index contributed by atoms with van der Waals surface area (Å²) in [6.45, 7) is 2.58. The van der Waals surface area contributed by atoms with Gasteiger partial charge in [-0.15, -0.1) is 0 Å². The number of aromatic amines is 1. The zero-order valence-electron chi connectivity index (χ0n) is 15.8. The molecule has 146 valence electrons. The molecule has 29 heavy (non-hydrogen) atoms. The molecule has 2 heterocycles. The third-order valence-corrected chi connectivity index (χ3v) is 5.04. The Morgan fingerprint density at radius 2 is 1.79 bits per heavy atom. The van der Waals surface area contributed by atoms with Crippen molar-refractivity contribution in [2.75, 3.05) is 5.75 Å². The van der Waals surface area contributed by atoms with E-state index in [-0.39, 0.29) is 17.5 Å². The van der Waals surface area contributed by atoms with Gasteiger partial charge in [-0.3, -0.25) is 4.52 Å². The van der Waals surface area contributed by atoms with Crippen LogP contribution in [-0.4, -0.2) is 26.9 Å². The highest BCUT2D eigenvalue weighted by Crippen LogP contribution is 2.32. The first kappa shape index (κ1) is 18.9. The van der Waals surface area contributed by atoms with Crippen molar-refractivity contribution in [3.63, 3.8) is 0 Å². The Bertz CT molecular complexity index is 1050. The minimum absolute atomic E-state index is 0.142. The summed E-state index contributed by atoms with van der Waals surface area (Å²) in [4.78, 5) is 12.0. The summed E-state index contributed by atoms with van der Waals surface area (Å²) in [5.41, 5.74) is 3.81. The highest BCUT2D eigenvalue weighted by Gasteiger charge is 2.14. The van der Waals surface area contributed by atoms with Crippen LogP contribution in [0, 0.1) is 0 Å². The van der Waals surface area contributed by atoms with Crippen molar-refractivity contribution in [3.8, 4) is 22.5 Å². The summed E-state index contributed by atoms with van der Waals surface area (Å²) in [5.74, 6) is 0.0307.